The van der Waals surface area contributed by atoms with Crippen molar-refractivity contribution in [2.24, 2.45) is 5.92 Å². The number of amides is 3. The highest BCUT2D eigenvalue weighted by molar-refractivity contribution is 5.96. The van der Waals surface area contributed by atoms with E-state index in [2.05, 4.69) is 5.32 Å². The lowest BCUT2D eigenvalue weighted by molar-refractivity contribution is -0.160. The molecule has 1 aromatic carbocycles. The van der Waals surface area contributed by atoms with Crippen LogP contribution in [0, 0.1) is 5.92 Å². The fourth-order valence-corrected chi connectivity index (χ4v) is 6.20. The number of hydrogen-bond acceptors (Lipinski definition) is 7. The smallest absolute Gasteiger partial charge is 0.408 e. The van der Waals surface area contributed by atoms with E-state index in [-0.39, 0.29) is 30.6 Å². The van der Waals surface area contributed by atoms with Crippen LogP contribution >= 0.6 is 0 Å². The number of hydrogen-bond donors (Lipinski definition) is 1. The zero-order valence-corrected chi connectivity index (χ0v) is 25.9. The van der Waals surface area contributed by atoms with E-state index in [9.17, 15) is 24.0 Å². The Kier molecular flexibility index (Phi) is 11.2. The second-order valence-corrected chi connectivity index (χ2v) is 12.7. The minimum Gasteiger partial charge on any atom is -0.460 e. The number of benzene rings is 1. The highest BCUT2D eigenvalue weighted by Crippen LogP contribution is 2.36. The number of carbonyl (C=O) groups excluding carboxylic acids is 5. The molecule has 2 atom stereocenters. The molecule has 0 aromatic heterocycles. The van der Waals surface area contributed by atoms with E-state index in [1.165, 1.54) is 23.8 Å². The summed E-state index contributed by atoms with van der Waals surface area (Å²) in [6.45, 7) is 6.64. The van der Waals surface area contributed by atoms with Crippen molar-refractivity contribution in [1.29, 1.82) is 0 Å². The average Bonchev–Trinajstić information content (AvgIpc) is 3.62. The molecule has 10 heteroatoms. The number of ether oxygens (including phenoxy) is 2. The predicted octanol–water partition coefficient (Wildman–Crippen LogP) is 4.39. The van der Waals surface area contributed by atoms with Crippen LogP contribution in [0.3, 0.4) is 0 Å². The van der Waals surface area contributed by atoms with Gasteiger partial charge in [-0.25, -0.2) is 4.79 Å². The molecule has 2 aliphatic carbocycles. The molecule has 10 nitrogen and oxygen atoms in total. The van der Waals surface area contributed by atoms with Crippen molar-refractivity contribution in [2.75, 3.05) is 14.1 Å². The van der Waals surface area contributed by atoms with Crippen molar-refractivity contribution >= 4 is 29.7 Å². The Balaban J connectivity index is 1.80. The Morgan fingerprint density at radius 1 is 0.952 bits per heavy atom. The zero-order chi connectivity index (χ0) is 31.1. The Labute approximate surface area is 249 Å². The van der Waals surface area contributed by atoms with Crippen LogP contribution in [0.2, 0.25) is 0 Å². The van der Waals surface area contributed by atoms with Gasteiger partial charge in [0.25, 0.3) is 0 Å². The molecule has 1 N–H and O–H groups in total. The van der Waals surface area contributed by atoms with Crippen LogP contribution < -0.4 is 5.32 Å². The maximum Gasteiger partial charge on any atom is 0.408 e. The minimum atomic E-state index is -1.19. The van der Waals surface area contributed by atoms with E-state index in [0.29, 0.717) is 12.8 Å². The number of nitrogens with zero attached hydrogens (tertiary/aromatic N) is 2. The molecule has 2 saturated carbocycles. The first kappa shape index (κ1) is 33.1. The first-order valence-corrected chi connectivity index (χ1v) is 15.0. The number of likely N-dealkylation sites (N-methyl/N-ethyl adjacent to an activating group) is 2. The molecule has 0 aliphatic heterocycles. The molecule has 2 aliphatic rings. The van der Waals surface area contributed by atoms with Crippen LogP contribution in [0.5, 0.6) is 0 Å². The number of esters is 1. The maximum absolute atomic E-state index is 14.2. The minimum absolute atomic E-state index is 0.0743. The molecule has 0 saturated heterocycles. The third-order valence-corrected chi connectivity index (χ3v) is 8.32. The first-order chi connectivity index (χ1) is 19.7. The summed E-state index contributed by atoms with van der Waals surface area (Å²) in [6, 6.07) is 7.42. The lowest BCUT2D eigenvalue weighted by Crippen LogP contribution is -2.63. The van der Waals surface area contributed by atoms with Crippen LogP contribution in [-0.4, -0.2) is 76.8 Å². The van der Waals surface area contributed by atoms with Gasteiger partial charge in [-0.15, -0.1) is 0 Å². The number of alkyl carbamates (subject to hydrolysis) is 1. The standard InChI is InChI=1S/C32H47N3O7/c1-22(36)25(20-26(37)42-31(2,3)4)34(5)28(38)27(24-16-10-11-17-24)35(6)29(39)32(18-12-13-19-32)33-30(40)41-21-23-14-8-7-9-15-23/h7-9,14-15,24-25,27H,10-13,16-21H2,1-6H3,(H,33,40)/t25-,27-/m0/s1. The predicted molar refractivity (Wildman–Crippen MR) is 157 cm³/mol. The van der Waals surface area contributed by atoms with Gasteiger partial charge in [0.1, 0.15) is 29.8 Å². The lowest BCUT2D eigenvalue weighted by atomic mass is 9.90. The number of nitrogens with one attached hydrogen (secondary N) is 1. The molecule has 0 bridgehead atoms. The summed E-state index contributed by atoms with van der Waals surface area (Å²) < 4.78 is 10.9. The molecule has 3 amide bonds. The maximum atomic E-state index is 14.2. The van der Waals surface area contributed by atoms with E-state index >= 15 is 0 Å². The highest BCUT2D eigenvalue weighted by atomic mass is 16.6. The van der Waals surface area contributed by atoms with Gasteiger partial charge in [0.2, 0.25) is 11.8 Å². The Morgan fingerprint density at radius 2 is 1.55 bits per heavy atom. The number of Topliss-reactive ketones (excluding diaryl/α,β-unsaturated/α-hetero) is 1. The summed E-state index contributed by atoms with van der Waals surface area (Å²) in [4.78, 5) is 69.2. The molecule has 232 valence electrons. The molecule has 2 fully saturated rings. The number of ketones is 1. The van der Waals surface area contributed by atoms with Crippen molar-refractivity contribution in [1.82, 2.24) is 15.1 Å². The van der Waals surface area contributed by atoms with Gasteiger partial charge >= 0.3 is 12.1 Å². The molecule has 0 unspecified atom stereocenters. The van der Waals surface area contributed by atoms with E-state index in [1.807, 2.05) is 30.3 Å². The number of rotatable bonds is 11. The van der Waals surface area contributed by atoms with Gasteiger partial charge in [-0.1, -0.05) is 56.0 Å². The third kappa shape index (κ3) is 8.55. The Morgan fingerprint density at radius 3 is 2.10 bits per heavy atom. The fraction of sp³-hybridized carbons (Fsp3) is 0.656. The molecule has 42 heavy (non-hydrogen) atoms. The normalized spacial score (nSPS) is 18.0. The topological polar surface area (TPSA) is 122 Å². The van der Waals surface area contributed by atoms with Crippen LogP contribution in [0.4, 0.5) is 4.79 Å². The summed E-state index contributed by atoms with van der Waals surface area (Å²) in [6.07, 6.45) is 4.81. The molecule has 1 aromatic rings. The monoisotopic (exact) mass is 585 g/mol. The molecule has 0 spiro atoms. The molecule has 0 radical (unpaired) electrons. The fourth-order valence-electron chi connectivity index (χ4n) is 6.20. The van der Waals surface area contributed by atoms with Crippen molar-refractivity contribution in [3.05, 3.63) is 35.9 Å². The lowest BCUT2D eigenvalue weighted by Gasteiger charge is -2.40. The summed E-state index contributed by atoms with van der Waals surface area (Å²) in [5.41, 5.74) is -1.09. The summed E-state index contributed by atoms with van der Waals surface area (Å²) in [5, 5.41) is 2.85. The van der Waals surface area contributed by atoms with Crippen LogP contribution in [-0.2, 0) is 35.3 Å². The van der Waals surface area contributed by atoms with Gasteiger partial charge in [0.05, 0.1) is 6.42 Å². The van der Waals surface area contributed by atoms with Crippen LogP contribution in [0.1, 0.15) is 91.0 Å². The van der Waals surface area contributed by atoms with Crippen LogP contribution in [0.25, 0.3) is 0 Å². The van der Waals surface area contributed by atoms with Gasteiger partial charge < -0.3 is 24.6 Å². The van der Waals surface area contributed by atoms with Crippen molar-refractivity contribution in [3.8, 4) is 0 Å². The van der Waals surface area contributed by atoms with E-state index in [0.717, 1.165) is 44.1 Å². The largest absolute Gasteiger partial charge is 0.460 e. The van der Waals surface area contributed by atoms with Crippen molar-refractivity contribution in [2.45, 2.75) is 115 Å². The van der Waals surface area contributed by atoms with Crippen molar-refractivity contribution < 1.29 is 33.4 Å². The Hall–Kier alpha value is -3.43. The summed E-state index contributed by atoms with van der Waals surface area (Å²) >= 11 is 0. The van der Waals surface area contributed by atoms with E-state index in [1.54, 1.807) is 27.8 Å². The quantitative estimate of drug-likeness (QED) is 0.382. The second-order valence-electron chi connectivity index (χ2n) is 12.7. The van der Waals surface area contributed by atoms with Gasteiger partial charge in [0, 0.05) is 14.1 Å². The van der Waals surface area contributed by atoms with Gasteiger partial charge in [-0.3, -0.25) is 19.2 Å². The van der Waals surface area contributed by atoms with Crippen LogP contribution in [0.15, 0.2) is 30.3 Å². The first-order valence-electron chi connectivity index (χ1n) is 15.0. The number of carbonyl (C=O) groups is 5. The summed E-state index contributed by atoms with van der Waals surface area (Å²) in [5.74, 6) is -1.77. The SMILES string of the molecule is CC(=O)[C@H](CC(=O)OC(C)(C)C)N(C)C(=O)[C@H](C1CCCC1)N(C)C(=O)C1(NC(=O)OCc2ccccc2)CCCC1. The molecular formula is C32H47N3O7. The zero-order valence-electron chi connectivity index (χ0n) is 25.9. The average molecular weight is 586 g/mol. The molecule has 3 rings (SSSR count). The van der Waals surface area contributed by atoms with Gasteiger partial charge in [0.15, 0.2) is 5.78 Å². The highest BCUT2D eigenvalue weighted by Gasteiger charge is 2.49. The molecule has 0 heterocycles. The Bertz CT molecular complexity index is 1120. The second kappa shape index (κ2) is 14.2. The van der Waals surface area contributed by atoms with Gasteiger partial charge in [-0.05, 0) is 64.9 Å². The van der Waals surface area contributed by atoms with E-state index in [4.69, 9.17) is 9.47 Å². The van der Waals surface area contributed by atoms with Gasteiger partial charge in [-0.2, -0.15) is 0 Å². The third-order valence-electron chi connectivity index (χ3n) is 8.32. The summed E-state index contributed by atoms with van der Waals surface area (Å²) in [7, 11) is 3.11. The van der Waals surface area contributed by atoms with E-state index < -0.39 is 41.2 Å². The van der Waals surface area contributed by atoms with Crippen molar-refractivity contribution in [3.63, 3.8) is 0 Å². The molecular weight excluding hydrogens is 538 g/mol.